The highest BCUT2D eigenvalue weighted by atomic mass is 16.7. The predicted molar refractivity (Wildman–Crippen MR) is 90.2 cm³/mol. The Kier molecular flexibility index (Phi) is 6.90. The Morgan fingerprint density at radius 2 is 1.73 bits per heavy atom. The summed E-state index contributed by atoms with van der Waals surface area (Å²) in [7, 11) is 0. The molecule has 2 aliphatic rings. The van der Waals surface area contributed by atoms with Gasteiger partial charge in [-0.1, -0.05) is 5.22 Å². The van der Waals surface area contributed by atoms with Crippen LogP contribution in [-0.4, -0.2) is 77.5 Å². The number of nitrogens with one attached hydrogen (secondary N) is 1. The van der Waals surface area contributed by atoms with Gasteiger partial charge in [-0.05, 0) is 0 Å². The maximum Gasteiger partial charge on any atom is 0.316 e. The number of nitriles is 1. The zero-order valence-corrected chi connectivity index (χ0v) is 16.1. The lowest BCUT2D eigenvalue weighted by Gasteiger charge is -2.29. The number of Topliss-reactive ketones (excluding diaryl/α,β-unsaturated/α-hetero) is 1. The van der Waals surface area contributed by atoms with Crippen molar-refractivity contribution in [3.8, 4) is 6.07 Å². The van der Waals surface area contributed by atoms with E-state index in [4.69, 9.17) is 29.6 Å². The van der Waals surface area contributed by atoms with Crippen LogP contribution < -0.4 is 0 Å². The van der Waals surface area contributed by atoms with E-state index in [0.29, 0.717) is 5.01 Å². The molecule has 5 unspecified atom stereocenters. The lowest BCUT2D eigenvalue weighted by Crippen LogP contribution is -2.53. The van der Waals surface area contributed by atoms with E-state index >= 15 is 0 Å². The summed E-state index contributed by atoms with van der Waals surface area (Å²) in [6.07, 6.45) is -5.46. The van der Waals surface area contributed by atoms with Crippen molar-refractivity contribution in [2.45, 2.75) is 51.4 Å². The fourth-order valence-corrected chi connectivity index (χ4v) is 2.74. The molecule has 0 saturated carbocycles. The second-order valence-corrected chi connectivity index (χ2v) is 6.16. The van der Waals surface area contributed by atoms with Crippen LogP contribution in [0.3, 0.4) is 0 Å². The summed E-state index contributed by atoms with van der Waals surface area (Å²) < 4.78 is 20.7. The van der Waals surface area contributed by atoms with Gasteiger partial charge in [0.2, 0.25) is 0 Å². The summed E-state index contributed by atoms with van der Waals surface area (Å²) >= 11 is 0. The van der Waals surface area contributed by atoms with E-state index in [2.05, 4.69) is 10.3 Å². The Balaban J connectivity index is 2.39. The van der Waals surface area contributed by atoms with E-state index in [1.165, 1.54) is 6.07 Å². The van der Waals surface area contributed by atoms with Crippen LogP contribution in [0.4, 0.5) is 0 Å². The zero-order valence-electron chi connectivity index (χ0n) is 16.1. The monoisotopic (exact) mass is 423 g/mol. The fourth-order valence-electron chi connectivity index (χ4n) is 2.74. The minimum absolute atomic E-state index is 0.420. The molecule has 1 N–H and O–H groups in total. The van der Waals surface area contributed by atoms with Crippen LogP contribution in [0.2, 0.25) is 0 Å². The standard InChI is InChI=1S/C16H17N5O9/c1-6(22)27-5-10-13(28-7(2)23)14(29-8(3)24)16(30-10)21-15(26)12(25)11(19-20-21)9(18)4-17/h10-11,13-14,16,18H,5H2,1-3H3. The highest BCUT2D eigenvalue weighted by Crippen LogP contribution is 2.31. The predicted octanol–water partition coefficient (Wildman–Crippen LogP) is -1.17. The number of nitrogens with zero attached hydrogens (tertiary/aromatic N) is 4. The van der Waals surface area contributed by atoms with Gasteiger partial charge in [0.1, 0.15) is 24.5 Å². The second-order valence-electron chi connectivity index (χ2n) is 6.16. The largest absolute Gasteiger partial charge is 0.463 e. The van der Waals surface area contributed by atoms with Gasteiger partial charge < -0.3 is 18.9 Å². The van der Waals surface area contributed by atoms with E-state index in [9.17, 15) is 24.0 Å². The summed E-state index contributed by atoms with van der Waals surface area (Å²) in [6.45, 7) is 2.84. The molecule has 2 rings (SSSR count). The fraction of sp³-hybridized carbons (Fsp3) is 0.562. The van der Waals surface area contributed by atoms with Crippen LogP contribution in [0.15, 0.2) is 10.3 Å². The summed E-state index contributed by atoms with van der Waals surface area (Å²) in [5, 5.41) is 23.6. The maximum absolute atomic E-state index is 12.5. The van der Waals surface area contributed by atoms with Gasteiger partial charge in [0.25, 0.3) is 5.78 Å². The third kappa shape index (κ3) is 4.81. The number of carbonyl (C=O) groups excluding carboxylic acids is 5. The number of amides is 1. The van der Waals surface area contributed by atoms with Crippen molar-refractivity contribution in [3.63, 3.8) is 0 Å². The molecular formula is C16H17N5O9. The smallest absolute Gasteiger partial charge is 0.316 e. The Morgan fingerprint density at radius 1 is 1.13 bits per heavy atom. The molecule has 0 aromatic carbocycles. The van der Waals surface area contributed by atoms with Crippen LogP contribution in [-0.2, 0) is 42.9 Å². The molecule has 0 spiro atoms. The Bertz CT molecular complexity index is 864. The molecule has 14 heteroatoms. The molecule has 0 bridgehead atoms. The second kappa shape index (κ2) is 9.18. The Labute approximate surface area is 169 Å². The van der Waals surface area contributed by atoms with Crippen molar-refractivity contribution in [2.75, 3.05) is 6.61 Å². The van der Waals surface area contributed by atoms with Crippen molar-refractivity contribution in [3.05, 3.63) is 0 Å². The molecular weight excluding hydrogens is 406 g/mol. The average molecular weight is 423 g/mol. The molecule has 1 saturated heterocycles. The average Bonchev–Trinajstić information content (AvgIpc) is 2.97. The first-order valence-corrected chi connectivity index (χ1v) is 8.46. The summed E-state index contributed by atoms with van der Waals surface area (Å²) in [5.41, 5.74) is -0.786. The van der Waals surface area contributed by atoms with Gasteiger partial charge in [-0.2, -0.15) is 15.4 Å². The van der Waals surface area contributed by atoms with Gasteiger partial charge in [-0.3, -0.25) is 29.4 Å². The molecule has 160 valence electrons. The van der Waals surface area contributed by atoms with Crippen LogP contribution in [0.1, 0.15) is 20.8 Å². The number of ether oxygens (including phenoxy) is 4. The number of carbonyl (C=O) groups is 5. The molecule has 0 aromatic rings. The van der Waals surface area contributed by atoms with Crippen LogP contribution in [0.5, 0.6) is 0 Å². The number of hydrogen-bond acceptors (Lipinski definition) is 13. The lowest BCUT2D eigenvalue weighted by atomic mass is 10.1. The van der Waals surface area contributed by atoms with Gasteiger partial charge in [-0.25, -0.2) is 0 Å². The van der Waals surface area contributed by atoms with Crippen LogP contribution >= 0.6 is 0 Å². The van der Waals surface area contributed by atoms with E-state index in [1.54, 1.807) is 0 Å². The number of ketones is 1. The van der Waals surface area contributed by atoms with Crippen molar-refractivity contribution < 1.29 is 42.9 Å². The molecule has 2 aliphatic heterocycles. The van der Waals surface area contributed by atoms with Crippen LogP contribution in [0, 0.1) is 16.7 Å². The van der Waals surface area contributed by atoms with E-state index in [0.717, 1.165) is 20.8 Å². The Morgan fingerprint density at radius 3 is 2.27 bits per heavy atom. The van der Waals surface area contributed by atoms with Gasteiger partial charge in [0.15, 0.2) is 24.5 Å². The number of hydrogen-bond donors (Lipinski definition) is 1. The van der Waals surface area contributed by atoms with Gasteiger partial charge in [0.05, 0.1) is 0 Å². The molecule has 5 atom stereocenters. The quantitative estimate of drug-likeness (QED) is 0.235. The van der Waals surface area contributed by atoms with E-state index in [-0.39, 0.29) is 0 Å². The summed E-state index contributed by atoms with van der Waals surface area (Å²) in [6, 6.07) is -0.301. The van der Waals surface area contributed by atoms with Gasteiger partial charge >= 0.3 is 23.8 Å². The maximum atomic E-state index is 12.5. The SMILES string of the molecule is CC(=O)OCC1OC(N2N=NC(C(=N)C#N)C(=O)C2=O)C(OC(C)=O)C1OC(C)=O. The topological polar surface area (TPSA) is 198 Å². The Hall–Kier alpha value is -3.73. The first-order chi connectivity index (χ1) is 14.1. The normalized spacial score (nSPS) is 27.9. The molecule has 0 aromatic heterocycles. The minimum atomic E-state index is -1.70. The van der Waals surface area contributed by atoms with Gasteiger partial charge in [-0.15, -0.1) is 0 Å². The van der Waals surface area contributed by atoms with Crippen molar-refractivity contribution >= 4 is 35.3 Å². The highest BCUT2D eigenvalue weighted by Gasteiger charge is 2.55. The third-order valence-electron chi connectivity index (χ3n) is 3.91. The molecule has 1 fully saturated rings. The highest BCUT2D eigenvalue weighted by molar-refractivity contribution is 6.43. The van der Waals surface area contributed by atoms with Crippen molar-refractivity contribution in [1.29, 1.82) is 10.7 Å². The van der Waals surface area contributed by atoms with E-state index in [1.807, 2.05) is 0 Å². The number of esters is 3. The zero-order chi connectivity index (χ0) is 22.6. The first-order valence-electron chi connectivity index (χ1n) is 8.46. The molecule has 1 amide bonds. The molecule has 0 aliphatic carbocycles. The molecule has 0 radical (unpaired) electrons. The summed E-state index contributed by atoms with van der Waals surface area (Å²) in [5.74, 6) is -4.79. The van der Waals surface area contributed by atoms with Crippen molar-refractivity contribution in [1.82, 2.24) is 5.01 Å². The third-order valence-corrected chi connectivity index (χ3v) is 3.91. The van der Waals surface area contributed by atoms with Crippen LogP contribution in [0.25, 0.3) is 0 Å². The first kappa shape index (κ1) is 22.6. The van der Waals surface area contributed by atoms with Gasteiger partial charge in [0, 0.05) is 20.8 Å². The molecule has 2 heterocycles. The number of rotatable bonds is 6. The molecule has 30 heavy (non-hydrogen) atoms. The molecule has 14 nitrogen and oxygen atoms in total. The minimum Gasteiger partial charge on any atom is -0.463 e. The van der Waals surface area contributed by atoms with Crippen molar-refractivity contribution in [2.24, 2.45) is 10.3 Å². The van der Waals surface area contributed by atoms with E-state index < -0.39 is 72.5 Å². The summed E-state index contributed by atoms with van der Waals surface area (Å²) in [4.78, 5) is 58.9. The lowest BCUT2D eigenvalue weighted by molar-refractivity contribution is -0.174.